The SMILES string of the molecule is CCCn1ncnc1CC(N)CC(C)CC(C)(C)C. The van der Waals surface area contributed by atoms with Gasteiger partial charge in [-0.15, -0.1) is 0 Å². The molecule has 0 aliphatic heterocycles. The molecule has 0 saturated heterocycles. The highest BCUT2D eigenvalue weighted by molar-refractivity contribution is 4.89. The van der Waals surface area contributed by atoms with Gasteiger partial charge in [-0.25, -0.2) is 4.98 Å². The maximum absolute atomic E-state index is 6.27. The molecule has 0 aliphatic carbocycles. The van der Waals surface area contributed by atoms with Gasteiger partial charge in [-0.2, -0.15) is 5.10 Å². The Balaban J connectivity index is 2.46. The summed E-state index contributed by atoms with van der Waals surface area (Å²) in [7, 11) is 0. The lowest BCUT2D eigenvalue weighted by atomic mass is 9.82. The smallest absolute Gasteiger partial charge is 0.138 e. The molecule has 110 valence electrons. The van der Waals surface area contributed by atoms with E-state index in [1.807, 2.05) is 4.68 Å². The molecule has 0 aromatic carbocycles. The van der Waals surface area contributed by atoms with Crippen molar-refractivity contribution in [2.24, 2.45) is 17.1 Å². The molecular weight excluding hydrogens is 236 g/mol. The van der Waals surface area contributed by atoms with E-state index in [-0.39, 0.29) is 6.04 Å². The zero-order valence-corrected chi connectivity index (χ0v) is 13.2. The summed E-state index contributed by atoms with van der Waals surface area (Å²) < 4.78 is 1.98. The lowest BCUT2D eigenvalue weighted by Gasteiger charge is -2.25. The van der Waals surface area contributed by atoms with Gasteiger partial charge in [-0.1, -0.05) is 34.6 Å². The van der Waals surface area contributed by atoms with Crippen molar-refractivity contribution in [3.63, 3.8) is 0 Å². The molecule has 1 aromatic heterocycles. The Morgan fingerprint density at radius 2 is 2.05 bits per heavy atom. The van der Waals surface area contributed by atoms with E-state index < -0.39 is 0 Å². The molecule has 2 N–H and O–H groups in total. The number of nitrogens with two attached hydrogens (primary N) is 1. The predicted octanol–water partition coefficient (Wildman–Crippen LogP) is 3.02. The van der Waals surface area contributed by atoms with Crippen LogP contribution in [0.15, 0.2) is 6.33 Å². The van der Waals surface area contributed by atoms with Crippen molar-refractivity contribution in [1.82, 2.24) is 14.8 Å². The largest absolute Gasteiger partial charge is 0.327 e. The fraction of sp³-hybridized carbons (Fsp3) is 0.867. The van der Waals surface area contributed by atoms with Crippen LogP contribution in [0.25, 0.3) is 0 Å². The average molecular weight is 266 g/mol. The van der Waals surface area contributed by atoms with Gasteiger partial charge < -0.3 is 5.73 Å². The first kappa shape index (κ1) is 16.2. The molecule has 0 saturated carbocycles. The average Bonchev–Trinajstić information content (AvgIpc) is 2.62. The van der Waals surface area contributed by atoms with Crippen LogP contribution in [0.5, 0.6) is 0 Å². The van der Waals surface area contributed by atoms with Crippen LogP contribution in [0.2, 0.25) is 0 Å². The summed E-state index contributed by atoms with van der Waals surface area (Å²) in [5.74, 6) is 1.68. The lowest BCUT2D eigenvalue weighted by Crippen LogP contribution is -2.28. The van der Waals surface area contributed by atoms with Gasteiger partial charge in [0.05, 0.1) is 0 Å². The van der Waals surface area contributed by atoms with Crippen LogP contribution in [0, 0.1) is 11.3 Å². The van der Waals surface area contributed by atoms with E-state index in [4.69, 9.17) is 5.73 Å². The molecule has 1 heterocycles. The molecule has 0 spiro atoms. The minimum absolute atomic E-state index is 0.178. The molecule has 4 heteroatoms. The fourth-order valence-electron chi connectivity index (χ4n) is 2.81. The third kappa shape index (κ3) is 6.19. The van der Waals surface area contributed by atoms with Gasteiger partial charge in [-0.3, -0.25) is 4.68 Å². The van der Waals surface area contributed by atoms with Crippen molar-refractivity contribution in [1.29, 1.82) is 0 Å². The molecule has 0 radical (unpaired) electrons. The third-order valence-corrected chi connectivity index (χ3v) is 3.24. The van der Waals surface area contributed by atoms with Crippen LogP contribution in [0.1, 0.15) is 59.7 Å². The van der Waals surface area contributed by atoms with Crippen LogP contribution >= 0.6 is 0 Å². The van der Waals surface area contributed by atoms with Gasteiger partial charge in [0.25, 0.3) is 0 Å². The summed E-state index contributed by atoms with van der Waals surface area (Å²) in [6, 6.07) is 0.178. The second kappa shape index (κ2) is 7.04. The standard InChI is InChI=1S/C15H30N4/c1-6-7-19-14(17-11-18-19)9-13(16)8-12(2)10-15(3,4)5/h11-13H,6-10,16H2,1-5H3. The summed E-state index contributed by atoms with van der Waals surface area (Å²) in [6.45, 7) is 12.2. The second-order valence-electron chi connectivity index (χ2n) is 6.97. The number of aryl methyl sites for hydroxylation is 1. The van der Waals surface area contributed by atoms with E-state index in [9.17, 15) is 0 Å². The van der Waals surface area contributed by atoms with Crippen molar-refractivity contribution in [3.05, 3.63) is 12.2 Å². The molecule has 0 amide bonds. The summed E-state index contributed by atoms with van der Waals surface area (Å²) in [4.78, 5) is 4.33. The third-order valence-electron chi connectivity index (χ3n) is 3.24. The molecule has 0 bridgehead atoms. The molecule has 1 rings (SSSR count). The molecule has 19 heavy (non-hydrogen) atoms. The van der Waals surface area contributed by atoms with E-state index in [0.717, 1.165) is 31.6 Å². The van der Waals surface area contributed by atoms with Gasteiger partial charge in [-0.05, 0) is 30.6 Å². The Hall–Kier alpha value is -0.900. The van der Waals surface area contributed by atoms with Crippen LogP contribution < -0.4 is 5.73 Å². The molecule has 2 unspecified atom stereocenters. The number of aromatic nitrogens is 3. The van der Waals surface area contributed by atoms with Gasteiger partial charge in [0.2, 0.25) is 0 Å². The lowest BCUT2D eigenvalue weighted by molar-refractivity contribution is 0.284. The summed E-state index contributed by atoms with van der Waals surface area (Å²) in [5, 5.41) is 4.25. The van der Waals surface area contributed by atoms with E-state index in [2.05, 4.69) is 44.7 Å². The van der Waals surface area contributed by atoms with Crippen molar-refractivity contribution >= 4 is 0 Å². The summed E-state index contributed by atoms with van der Waals surface area (Å²) in [6.07, 6.45) is 5.80. The monoisotopic (exact) mass is 266 g/mol. The Morgan fingerprint density at radius 1 is 1.37 bits per heavy atom. The van der Waals surface area contributed by atoms with Crippen LogP contribution in [-0.2, 0) is 13.0 Å². The number of rotatable bonds is 7. The zero-order chi connectivity index (χ0) is 14.5. The van der Waals surface area contributed by atoms with Gasteiger partial charge in [0.15, 0.2) is 0 Å². The van der Waals surface area contributed by atoms with Crippen LogP contribution in [0.3, 0.4) is 0 Å². The quantitative estimate of drug-likeness (QED) is 0.825. The Bertz CT molecular complexity index is 364. The summed E-state index contributed by atoms with van der Waals surface area (Å²) in [5.41, 5.74) is 6.64. The van der Waals surface area contributed by atoms with Crippen LogP contribution in [-0.4, -0.2) is 20.8 Å². The Morgan fingerprint density at radius 3 is 2.63 bits per heavy atom. The zero-order valence-electron chi connectivity index (χ0n) is 13.2. The first-order valence-electron chi connectivity index (χ1n) is 7.44. The minimum Gasteiger partial charge on any atom is -0.327 e. The van der Waals surface area contributed by atoms with E-state index in [1.54, 1.807) is 6.33 Å². The number of hydrogen-bond donors (Lipinski definition) is 1. The van der Waals surface area contributed by atoms with E-state index >= 15 is 0 Å². The number of nitrogens with zero attached hydrogens (tertiary/aromatic N) is 3. The Kier molecular flexibility index (Phi) is 5.98. The topological polar surface area (TPSA) is 56.7 Å². The van der Waals surface area contributed by atoms with Gasteiger partial charge >= 0.3 is 0 Å². The fourth-order valence-corrected chi connectivity index (χ4v) is 2.81. The second-order valence-corrected chi connectivity index (χ2v) is 6.97. The van der Waals surface area contributed by atoms with Crippen LogP contribution in [0.4, 0.5) is 0 Å². The first-order chi connectivity index (χ1) is 8.81. The molecule has 4 nitrogen and oxygen atoms in total. The summed E-state index contributed by atoms with van der Waals surface area (Å²) >= 11 is 0. The van der Waals surface area contributed by atoms with Gasteiger partial charge in [0, 0.05) is 19.0 Å². The highest BCUT2D eigenvalue weighted by Crippen LogP contribution is 2.26. The number of hydrogen-bond acceptors (Lipinski definition) is 3. The van der Waals surface area contributed by atoms with Crippen molar-refractivity contribution in [3.8, 4) is 0 Å². The molecule has 0 aliphatic rings. The first-order valence-corrected chi connectivity index (χ1v) is 7.44. The molecule has 0 fully saturated rings. The van der Waals surface area contributed by atoms with E-state index in [1.165, 1.54) is 6.42 Å². The minimum atomic E-state index is 0.178. The highest BCUT2D eigenvalue weighted by atomic mass is 15.3. The highest BCUT2D eigenvalue weighted by Gasteiger charge is 2.18. The maximum Gasteiger partial charge on any atom is 0.138 e. The van der Waals surface area contributed by atoms with Crippen molar-refractivity contribution in [2.45, 2.75) is 72.9 Å². The van der Waals surface area contributed by atoms with Crippen molar-refractivity contribution in [2.75, 3.05) is 0 Å². The van der Waals surface area contributed by atoms with E-state index in [0.29, 0.717) is 11.3 Å². The van der Waals surface area contributed by atoms with Gasteiger partial charge in [0.1, 0.15) is 12.2 Å². The molecular formula is C15H30N4. The Labute approximate surface area is 117 Å². The normalized spacial score (nSPS) is 15.5. The predicted molar refractivity (Wildman–Crippen MR) is 79.8 cm³/mol. The van der Waals surface area contributed by atoms with Crippen molar-refractivity contribution < 1.29 is 0 Å². The molecule has 2 atom stereocenters. The molecule has 1 aromatic rings. The maximum atomic E-state index is 6.27.